The summed E-state index contributed by atoms with van der Waals surface area (Å²) in [5, 5.41) is 20.1. The first-order chi connectivity index (χ1) is 8.50. The Labute approximate surface area is 112 Å². The maximum Gasteiger partial charge on any atom is 0.138 e. The van der Waals surface area contributed by atoms with Gasteiger partial charge in [-0.1, -0.05) is 30.5 Å². The maximum atomic E-state index is 10.2. The molecule has 18 heavy (non-hydrogen) atoms. The van der Waals surface area contributed by atoms with Crippen LogP contribution >= 0.6 is 11.6 Å². The third-order valence-electron chi connectivity index (χ3n) is 3.47. The molecule has 0 heterocycles. The van der Waals surface area contributed by atoms with Crippen molar-refractivity contribution in [3.63, 3.8) is 0 Å². The summed E-state index contributed by atoms with van der Waals surface area (Å²) in [4.78, 5) is 0. The molecule has 0 aromatic heterocycles. The molecule has 100 valence electrons. The minimum Gasteiger partial charge on any atom is -0.489 e. The molecule has 4 heteroatoms. The second-order valence-electron chi connectivity index (χ2n) is 5.09. The molecule has 0 bridgehead atoms. The predicted octanol–water partition coefficient (Wildman–Crippen LogP) is 3.08. The molecule has 0 spiro atoms. The predicted molar refractivity (Wildman–Crippen MR) is 71.0 cm³/mol. The van der Waals surface area contributed by atoms with Crippen LogP contribution in [-0.4, -0.2) is 22.4 Å². The van der Waals surface area contributed by atoms with E-state index >= 15 is 0 Å². The average molecular weight is 271 g/mol. The lowest BCUT2D eigenvalue weighted by Gasteiger charge is -2.22. The Morgan fingerprint density at radius 2 is 2.06 bits per heavy atom. The zero-order valence-electron chi connectivity index (χ0n) is 10.5. The maximum absolute atomic E-state index is 10.2. The minimum atomic E-state index is -0.702. The largest absolute Gasteiger partial charge is 0.489 e. The number of rotatable bonds is 4. The van der Waals surface area contributed by atoms with Gasteiger partial charge in [0.05, 0.1) is 16.7 Å². The molecule has 1 aromatic rings. The highest BCUT2D eigenvalue weighted by Crippen LogP contribution is 2.32. The van der Waals surface area contributed by atoms with Gasteiger partial charge in [-0.05, 0) is 37.5 Å². The summed E-state index contributed by atoms with van der Waals surface area (Å²) >= 11 is 6.09. The van der Waals surface area contributed by atoms with Crippen molar-refractivity contribution in [2.24, 2.45) is 0 Å². The molecule has 0 amide bonds. The summed E-state index contributed by atoms with van der Waals surface area (Å²) in [7, 11) is 0. The fourth-order valence-electron chi connectivity index (χ4n) is 2.28. The van der Waals surface area contributed by atoms with Gasteiger partial charge in [0.15, 0.2) is 0 Å². The van der Waals surface area contributed by atoms with Gasteiger partial charge in [-0.2, -0.15) is 0 Å². The van der Waals surface area contributed by atoms with Gasteiger partial charge in [0.1, 0.15) is 12.4 Å². The molecule has 1 atom stereocenters. The fourth-order valence-corrected chi connectivity index (χ4v) is 2.53. The summed E-state index contributed by atoms with van der Waals surface area (Å²) < 4.78 is 5.59. The van der Waals surface area contributed by atoms with Crippen molar-refractivity contribution in [3.8, 4) is 5.75 Å². The normalized spacial score (nSPS) is 19.8. The third-order valence-corrected chi connectivity index (χ3v) is 3.76. The Balaban J connectivity index is 2.01. The molecule has 1 aliphatic rings. The van der Waals surface area contributed by atoms with Crippen molar-refractivity contribution in [1.82, 2.24) is 0 Å². The van der Waals surface area contributed by atoms with Gasteiger partial charge >= 0.3 is 0 Å². The van der Waals surface area contributed by atoms with Crippen LogP contribution in [0, 0.1) is 0 Å². The Morgan fingerprint density at radius 1 is 1.39 bits per heavy atom. The molecule has 2 rings (SSSR count). The molecule has 1 aliphatic carbocycles. The van der Waals surface area contributed by atoms with Crippen LogP contribution in [0.15, 0.2) is 18.2 Å². The summed E-state index contributed by atoms with van der Waals surface area (Å²) in [5.74, 6) is 0.557. The van der Waals surface area contributed by atoms with Crippen molar-refractivity contribution in [3.05, 3.63) is 28.8 Å². The van der Waals surface area contributed by atoms with Crippen molar-refractivity contribution in [2.45, 2.75) is 44.3 Å². The zero-order valence-corrected chi connectivity index (χ0v) is 11.3. The lowest BCUT2D eigenvalue weighted by Crippen LogP contribution is -2.32. The van der Waals surface area contributed by atoms with Crippen molar-refractivity contribution in [2.75, 3.05) is 6.61 Å². The van der Waals surface area contributed by atoms with Gasteiger partial charge in [0.25, 0.3) is 0 Å². The number of aliphatic hydroxyl groups excluding tert-OH is 1. The van der Waals surface area contributed by atoms with Gasteiger partial charge in [-0.25, -0.2) is 0 Å². The topological polar surface area (TPSA) is 49.7 Å². The molecule has 0 saturated heterocycles. The van der Waals surface area contributed by atoms with E-state index in [1.54, 1.807) is 25.1 Å². The molecule has 0 aliphatic heterocycles. The van der Waals surface area contributed by atoms with E-state index in [-0.39, 0.29) is 6.61 Å². The zero-order chi connectivity index (χ0) is 13.2. The second kappa shape index (κ2) is 5.47. The van der Waals surface area contributed by atoms with Gasteiger partial charge < -0.3 is 14.9 Å². The molecule has 1 saturated carbocycles. The number of ether oxygens (including phenoxy) is 1. The van der Waals surface area contributed by atoms with E-state index in [9.17, 15) is 10.2 Å². The SMILES string of the molecule is C[C@H](O)c1ccc(OCC2(O)CCCC2)c(Cl)c1. The highest BCUT2D eigenvalue weighted by molar-refractivity contribution is 6.32. The van der Waals surface area contributed by atoms with Crippen LogP contribution in [0.5, 0.6) is 5.75 Å². The standard InChI is InChI=1S/C14H19ClO3/c1-10(16)11-4-5-13(12(15)8-11)18-9-14(17)6-2-3-7-14/h4-5,8,10,16-17H,2-3,6-7,9H2,1H3/t10-/m0/s1. The molecule has 1 fully saturated rings. The van der Waals surface area contributed by atoms with Crippen LogP contribution in [0.1, 0.15) is 44.3 Å². The Kier molecular flexibility index (Phi) is 4.15. The third kappa shape index (κ3) is 3.16. The highest BCUT2D eigenvalue weighted by Gasteiger charge is 2.32. The number of benzene rings is 1. The molecule has 2 N–H and O–H groups in total. The van der Waals surface area contributed by atoms with Crippen molar-refractivity contribution >= 4 is 11.6 Å². The van der Waals surface area contributed by atoms with Crippen LogP contribution in [0.4, 0.5) is 0 Å². The van der Waals surface area contributed by atoms with Crippen LogP contribution in [0.2, 0.25) is 5.02 Å². The van der Waals surface area contributed by atoms with E-state index in [1.807, 2.05) is 0 Å². The van der Waals surface area contributed by atoms with E-state index in [2.05, 4.69) is 0 Å². The fraction of sp³-hybridized carbons (Fsp3) is 0.571. The Hall–Kier alpha value is -0.770. The summed E-state index contributed by atoms with van der Waals surface area (Å²) in [5.41, 5.74) is 0.0543. The smallest absolute Gasteiger partial charge is 0.138 e. The molecule has 1 aromatic carbocycles. The van der Waals surface area contributed by atoms with E-state index in [0.29, 0.717) is 10.8 Å². The lowest BCUT2D eigenvalue weighted by atomic mass is 10.0. The first kappa shape index (κ1) is 13.7. The van der Waals surface area contributed by atoms with Gasteiger partial charge in [-0.3, -0.25) is 0 Å². The number of hydrogen-bond acceptors (Lipinski definition) is 3. The van der Waals surface area contributed by atoms with Gasteiger partial charge in [0, 0.05) is 0 Å². The highest BCUT2D eigenvalue weighted by atomic mass is 35.5. The Bertz CT molecular complexity index is 412. The monoisotopic (exact) mass is 270 g/mol. The quantitative estimate of drug-likeness (QED) is 0.884. The van der Waals surface area contributed by atoms with Crippen molar-refractivity contribution < 1.29 is 14.9 Å². The second-order valence-corrected chi connectivity index (χ2v) is 5.49. The molecular weight excluding hydrogens is 252 g/mol. The summed E-state index contributed by atoms with van der Waals surface area (Å²) in [6, 6.07) is 5.22. The van der Waals surface area contributed by atoms with Crippen LogP contribution in [0.25, 0.3) is 0 Å². The van der Waals surface area contributed by atoms with Crippen LogP contribution in [-0.2, 0) is 0 Å². The number of halogens is 1. The molecular formula is C14H19ClO3. The molecule has 0 radical (unpaired) electrons. The van der Waals surface area contributed by atoms with E-state index in [0.717, 1.165) is 31.2 Å². The van der Waals surface area contributed by atoms with Crippen LogP contribution < -0.4 is 4.74 Å². The molecule has 3 nitrogen and oxygen atoms in total. The lowest BCUT2D eigenvalue weighted by molar-refractivity contribution is 0.00142. The molecule has 0 unspecified atom stereocenters. The van der Waals surface area contributed by atoms with Gasteiger partial charge in [0.2, 0.25) is 0 Å². The van der Waals surface area contributed by atoms with Gasteiger partial charge in [-0.15, -0.1) is 0 Å². The summed E-state index contributed by atoms with van der Waals surface area (Å²) in [6.07, 6.45) is 3.13. The minimum absolute atomic E-state index is 0.279. The van der Waals surface area contributed by atoms with Crippen LogP contribution in [0.3, 0.4) is 0 Å². The first-order valence-electron chi connectivity index (χ1n) is 6.33. The van der Waals surface area contributed by atoms with Crippen molar-refractivity contribution in [1.29, 1.82) is 0 Å². The van der Waals surface area contributed by atoms with E-state index in [4.69, 9.17) is 16.3 Å². The average Bonchev–Trinajstić information content (AvgIpc) is 2.75. The first-order valence-corrected chi connectivity index (χ1v) is 6.71. The number of aliphatic hydroxyl groups is 2. The number of hydrogen-bond donors (Lipinski definition) is 2. The summed E-state index contributed by atoms with van der Waals surface area (Å²) in [6.45, 7) is 1.97. The Morgan fingerprint density at radius 3 is 2.61 bits per heavy atom. The van der Waals surface area contributed by atoms with E-state index < -0.39 is 11.7 Å². The van der Waals surface area contributed by atoms with E-state index in [1.165, 1.54) is 0 Å².